The van der Waals surface area contributed by atoms with Gasteiger partial charge in [0, 0.05) is 13.0 Å². The number of anilines is 1. The molecule has 0 aliphatic heterocycles. The fraction of sp³-hybridized carbons (Fsp3) is 0.417. The Morgan fingerprint density at radius 2 is 2.12 bits per heavy atom. The summed E-state index contributed by atoms with van der Waals surface area (Å²) >= 11 is 1.38. The molecule has 0 saturated carbocycles. The molecule has 17 heavy (non-hydrogen) atoms. The summed E-state index contributed by atoms with van der Waals surface area (Å²) in [7, 11) is 0. The van der Waals surface area contributed by atoms with E-state index in [9.17, 15) is 4.39 Å². The molecule has 0 bridgehead atoms. The molecule has 0 aliphatic carbocycles. The number of benzene rings is 1. The van der Waals surface area contributed by atoms with Gasteiger partial charge in [-0.1, -0.05) is 6.07 Å². The van der Waals surface area contributed by atoms with E-state index >= 15 is 0 Å². The van der Waals surface area contributed by atoms with E-state index in [1.165, 1.54) is 18.5 Å². The molecule has 0 radical (unpaired) electrons. The largest absolute Gasteiger partial charge is 0.460 e. The predicted molar refractivity (Wildman–Crippen MR) is 69.6 cm³/mol. The Hall–Kier alpha value is -1.36. The molecular weight excluding hydrogens is 239 g/mol. The number of aromatic nitrogens is 1. The first kappa shape index (κ1) is 12.1. The summed E-state index contributed by atoms with van der Waals surface area (Å²) in [6.07, 6.45) is -1.33. The van der Waals surface area contributed by atoms with Crippen molar-refractivity contribution in [3.8, 4) is 5.75 Å². The van der Waals surface area contributed by atoms with Crippen LogP contribution in [0.15, 0.2) is 18.2 Å². The first-order valence-electron chi connectivity index (χ1n) is 5.53. The highest BCUT2D eigenvalue weighted by Gasteiger charge is 2.13. The van der Waals surface area contributed by atoms with Crippen LogP contribution in [0.3, 0.4) is 0 Å². The molecule has 0 amide bonds. The molecule has 3 nitrogen and oxygen atoms in total. The fourth-order valence-corrected chi connectivity index (χ4v) is 2.37. The van der Waals surface area contributed by atoms with Gasteiger partial charge in [0.15, 0.2) is 5.82 Å². The van der Waals surface area contributed by atoms with Gasteiger partial charge < -0.3 is 10.1 Å². The smallest absolute Gasteiger partial charge is 0.235 e. The first-order valence-corrected chi connectivity index (χ1v) is 6.31. The van der Waals surface area contributed by atoms with Gasteiger partial charge in [-0.3, -0.25) is 0 Å². The zero-order valence-electron chi connectivity index (χ0n) is 10.0. The number of fused-ring (bicyclic) bond motifs is 1. The fourth-order valence-electron chi connectivity index (χ4n) is 1.61. The summed E-state index contributed by atoms with van der Waals surface area (Å²) < 4.78 is 23.4. The van der Waals surface area contributed by atoms with Crippen molar-refractivity contribution in [1.29, 1.82) is 0 Å². The molecule has 1 unspecified atom stereocenters. The Morgan fingerprint density at radius 1 is 1.35 bits per heavy atom. The molecule has 1 heterocycles. The summed E-state index contributed by atoms with van der Waals surface area (Å²) in [5.74, 6) is 1.30. The van der Waals surface area contributed by atoms with Gasteiger partial charge in [0.05, 0.1) is 10.1 Å². The summed E-state index contributed by atoms with van der Waals surface area (Å²) in [6, 6.07) is 5.83. The lowest BCUT2D eigenvalue weighted by Gasteiger charge is -2.11. The number of hydrogen-bond donors (Lipinski definition) is 1. The standard InChI is InChI=1S/C12H15FN2OS/c1-7(2)14-12-11-9(16-8(3)13)5-4-6-10(11)17-15-12/h4-8H,1-3H3,(H,14,15). The molecule has 1 N–H and O–H groups in total. The molecule has 1 aromatic carbocycles. The van der Waals surface area contributed by atoms with Gasteiger partial charge in [0.25, 0.3) is 0 Å². The Balaban J connectivity index is 2.47. The second-order valence-electron chi connectivity index (χ2n) is 4.12. The second kappa shape index (κ2) is 4.87. The molecule has 1 aromatic heterocycles. The lowest BCUT2D eigenvalue weighted by Crippen LogP contribution is -2.10. The van der Waals surface area contributed by atoms with Crippen molar-refractivity contribution in [2.45, 2.75) is 33.2 Å². The quantitative estimate of drug-likeness (QED) is 0.900. The van der Waals surface area contributed by atoms with Crippen molar-refractivity contribution in [2.75, 3.05) is 5.32 Å². The summed E-state index contributed by atoms with van der Waals surface area (Å²) in [6.45, 7) is 5.44. The number of nitrogens with one attached hydrogen (secondary N) is 1. The van der Waals surface area contributed by atoms with Crippen molar-refractivity contribution in [3.05, 3.63) is 18.2 Å². The summed E-state index contributed by atoms with van der Waals surface area (Å²) in [4.78, 5) is 0. The normalized spacial score (nSPS) is 13.0. The summed E-state index contributed by atoms with van der Waals surface area (Å²) in [5, 5.41) is 4.10. The van der Waals surface area contributed by atoms with E-state index in [1.54, 1.807) is 6.07 Å². The molecule has 5 heteroatoms. The van der Waals surface area contributed by atoms with Crippen LogP contribution in [-0.4, -0.2) is 16.8 Å². The third-order valence-electron chi connectivity index (χ3n) is 2.17. The molecule has 0 saturated heterocycles. The molecule has 1 atom stereocenters. The molecule has 2 aromatic rings. The Bertz CT molecular complexity index is 510. The van der Waals surface area contributed by atoms with Gasteiger partial charge in [0.1, 0.15) is 5.75 Å². The lowest BCUT2D eigenvalue weighted by molar-refractivity contribution is 0.0878. The van der Waals surface area contributed by atoms with Crippen molar-refractivity contribution in [2.24, 2.45) is 0 Å². The van der Waals surface area contributed by atoms with Crippen LogP contribution in [0.4, 0.5) is 10.2 Å². The first-order chi connectivity index (χ1) is 8.08. The molecule has 0 spiro atoms. The monoisotopic (exact) mass is 254 g/mol. The molecular formula is C12H15FN2OS. The van der Waals surface area contributed by atoms with Gasteiger partial charge in [0.2, 0.25) is 6.36 Å². The van der Waals surface area contributed by atoms with Crippen molar-refractivity contribution < 1.29 is 9.13 Å². The van der Waals surface area contributed by atoms with E-state index in [4.69, 9.17) is 4.74 Å². The topological polar surface area (TPSA) is 34.2 Å². The van der Waals surface area contributed by atoms with E-state index in [0.29, 0.717) is 5.75 Å². The molecule has 2 rings (SSSR count). The minimum Gasteiger partial charge on any atom is -0.460 e. The Labute approximate surface area is 104 Å². The van der Waals surface area contributed by atoms with E-state index in [-0.39, 0.29) is 6.04 Å². The highest BCUT2D eigenvalue weighted by atomic mass is 32.1. The van der Waals surface area contributed by atoms with Crippen LogP contribution in [0.1, 0.15) is 20.8 Å². The maximum absolute atomic E-state index is 13.0. The van der Waals surface area contributed by atoms with Crippen LogP contribution >= 0.6 is 11.5 Å². The third kappa shape index (κ3) is 2.66. The number of ether oxygens (including phenoxy) is 1. The molecule has 0 fully saturated rings. The van der Waals surface area contributed by atoms with Gasteiger partial charge in [-0.25, -0.2) is 4.39 Å². The number of hydrogen-bond acceptors (Lipinski definition) is 4. The van der Waals surface area contributed by atoms with Crippen molar-refractivity contribution in [1.82, 2.24) is 4.37 Å². The third-order valence-corrected chi connectivity index (χ3v) is 2.99. The van der Waals surface area contributed by atoms with Gasteiger partial charge in [-0.15, -0.1) is 0 Å². The van der Waals surface area contributed by atoms with Crippen LogP contribution in [0.25, 0.3) is 10.1 Å². The highest BCUT2D eigenvalue weighted by molar-refractivity contribution is 7.13. The number of rotatable bonds is 4. The van der Waals surface area contributed by atoms with E-state index in [0.717, 1.165) is 15.9 Å². The summed E-state index contributed by atoms with van der Waals surface area (Å²) in [5.41, 5.74) is 0. The zero-order valence-corrected chi connectivity index (χ0v) is 10.8. The average Bonchev–Trinajstić information content (AvgIpc) is 2.61. The highest BCUT2D eigenvalue weighted by Crippen LogP contribution is 2.35. The van der Waals surface area contributed by atoms with Gasteiger partial charge >= 0.3 is 0 Å². The zero-order chi connectivity index (χ0) is 12.4. The minimum absolute atomic E-state index is 0.274. The van der Waals surface area contributed by atoms with Crippen LogP contribution in [0.2, 0.25) is 0 Å². The van der Waals surface area contributed by atoms with Crippen LogP contribution in [-0.2, 0) is 0 Å². The van der Waals surface area contributed by atoms with E-state index in [2.05, 4.69) is 9.69 Å². The van der Waals surface area contributed by atoms with Crippen LogP contribution in [0, 0.1) is 0 Å². The van der Waals surface area contributed by atoms with Crippen LogP contribution < -0.4 is 10.1 Å². The Morgan fingerprint density at radius 3 is 2.76 bits per heavy atom. The van der Waals surface area contributed by atoms with Gasteiger partial charge in [-0.05, 0) is 37.5 Å². The van der Waals surface area contributed by atoms with Gasteiger partial charge in [-0.2, -0.15) is 4.37 Å². The Kier molecular flexibility index (Phi) is 3.47. The number of halogens is 1. The maximum Gasteiger partial charge on any atom is 0.235 e. The number of nitrogens with zero attached hydrogens (tertiary/aromatic N) is 1. The minimum atomic E-state index is -1.33. The van der Waals surface area contributed by atoms with E-state index in [1.807, 2.05) is 26.0 Å². The lowest BCUT2D eigenvalue weighted by atomic mass is 10.2. The maximum atomic E-state index is 13.0. The average molecular weight is 254 g/mol. The number of alkyl halides is 1. The molecule has 92 valence electrons. The molecule has 0 aliphatic rings. The van der Waals surface area contributed by atoms with Crippen molar-refractivity contribution in [3.63, 3.8) is 0 Å². The van der Waals surface area contributed by atoms with Crippen molar-refractivity contribution >= 4 is 27.4 Å². The predicted octanol–water partition coefficient (Wildman–Crippen LogP) is 3.81. The van der Waals surface area contributed by atoms with E-state index < -0.39 is 6.36 Å². The second-order valence-corrected chi connectivity index (χ2v) is 4.93. The SMILES string of the molecule is CC(C)Nc1nsc2cccc(OC(C)F)c12. The van der Waals surface area contributed by atoms with Crippen LogP contribution in [0.5, 0.6) is 5.75 Å².